The topological polar surface area (TPSA) is 81.1 Å². The lowest BCUT2D eigenvalue weighted by Crippen LogP contribution is -2.11. The Bertz CT molecular complexity index is 599. The van der Waals surface area contributed by atoms with Crippen molar-refractivity contribution >= 4 is 38.9 Å². The molecule has 0 fully saturated rings. The van der Waals surface area contributed by atoms with Gasteiger partial charge in [-0.1, -0.05) is 12.1 Å². The summed E-state index contributed by atoms with van der Waals surface area (Å²) in [5.41, 5.74) is 13.6. The Morgan fingerprint density at radius 3 is 2.50 bits per heavy atom. The summed E-state index contributed by atoms with van der Waals surface area (Å²) in [7, 11) is 0. The molecule has 0 aliphatic heterocycles. The largest absolute Gasteiger partial charge is 0.397 e. The smallest absolute Gasteiger partial charge is 0.248 e. The van der Waals surface area contributed by atoms with E-state index < -0.39 is 5.91 Å². The summed E-state index contributed by atoms with van der Waals surface area (Å²) < 4.78 is 0.911. The summed E-state index contributed by atoms with van der Waals surface area (Å²) in [5, 5.41) is 3.16. The van der Waals surface area contributed by atoms with E-state index in [0.29, 0.717) is 16.9 Å². The number of halogens is 1. The first-order valence-corrected chi connectivity index (χ1v) is 6.08. The number of nitrogens with one attached hydrogen (secondary N) is 1. The van der Waals surface area contributed by atoms with E-state index >= 15 is 0 Å². The summed E-state index contributed by atoms with van der Waals surface area (Å²) in [6, 6.07) is 12.5. The van der Waals surface area contributed by atoms with Gasteiger partial charge in [-0.2, -0.15) is 0 Å². The maximum absolute atomic E-state index is 11.1. The third-order valence-corrected chi connectivity index (χ3v) is 3.17. The Labute approximate surface area is 113 Å². The molecular weight excluding hydrogens is 294 g/mol. The first-order chi connectivity index (χ1) is 8.58. The molecule has 0 spiro atoms. The molecule has 2 aromatic carbocycles. The third kappa shape index (κ3) is 2.62. The summed E-state index contributed by atoms with van der Waals surface area (Å²) in [5.74, 6) is -0.481. The van der Waals surface area contributed by atoms with Crippen molar-refractivity contribution in [2.75, 3.05) is 11.1 Å². The number of nitrogen functional groups attached to an aromatic ring is 1. The monoisotopic (exact) mass is 305 g/mol. The minimum Gasteiger partial charge on any atom is -0.397 e. The lowest BCUT2D eigenvalue weighted by Gasteiger charge is -2.11. The van der Waals surface area contributed by atoms with E-state index in [2.05, 4.69) is 21.2 Å². The number of carbonyl (C=O) groups is 1. The molecule has 0 aliphatic carbocycles. The minimum atomic E-state index is -0.481. The van der Waals surface area contributed by atoms with Gasteiger partial charge in [0.25, 0.3) is 0 Å². The van der Waals surface area contributed by atoms with Gasteiger partial charge in [-0.3, -0.25) is 4.79 Å². The second kappa shape index (κ2) is 5.10. The van der Waals surface area contributed by atoms with E-state index in [1.165, 1.54) is 0 Å². The molecule has 92 valence electrons. The fraction of sp³-hybridized carbons (Fsp3) is 0. The van der Waals surface area contributed by atoms with Crippen LogP contribution in [-0.4, -0.2) is 5.91 Å². The van der Waals surface area contributed by atoms with Crippen molar-refractivity contribution in [3.05, 3.63) is 52.5 Å². The van der Waals surface area contributed by atoms with E-state index in [0.717, 1.165) is 10.2 Å². The van der Waals surface area contributed by atoms with Crippen LogP contribution >= 0.6 is 15.9 Å². The molecule has 5 heteroatoms. The third-order valence-electron chi connectivity index (χ3n) is 2.48. The number of benzene rings is 2. The highest BCUT2D eigenvalue weighted by Crippen LogP contribution is 2.29. The Morgan fingerprint density at radius 1 is 1.11 bits per heavy atom. The highest BCUT2D eigenvalue weighted by molar-refractivity contribution is 9.10. The number of primary amides is 1. The summed E-state index contributed by atoms with van der Waals surface area (Å²) in [6.07, 6.45) is 0. The lowest BCUT2D eigenvalue weighted by molar-refractivity contribution is 0.100. The molecule has 2 aromatic rings. The molecule has 2 rings (SSSR count). The minimum absolute atomic E-state index is 0.416. The number of hydrogen-bond acceptors (Lipinski definition) is 3. The number of nitrogens with two attached hydrogens (primary N) is 2. The molecule has 4 nitrogen and oxygen atoms in total. The zero-order valence-corrected chi connectivity index (χ0v) is 11.1. The zero-order chi connectivity index (χ0) is 13.1. The molecule has 0 bridgehead atoms. The second-order valence-electron chi connectivity index (χ2n) is 3.77. The van der Waals surface area contributed by atoms with Crippen LogP contribution in [0.3, 0.4) is 0 Å². The SMILES string of the molecule is NC(=O)c1ccc(N)c(Nc2ccccc2Br)c1. The molecule has 0 heterocycles. The van der Waals surface area contributed by atoms with Crippen LogP contribution in [0.25, 0.3) is 0 Å². The van der Waals surface area contributed by atoms with Crippen molar-refractivity contribution < 1.29 is 4.79 Å². The van der Waals surface area contributed by atoms with Crippen molar-refractivity contribution in [3.8, 4) is 0 Å². The number of hydrogen-bond donors (Lipinski definition) is 3. The molecule has 18 heavy (non-hydrogen) atoms. The molecule has 0 aromatic heterocycles. The summed E-state index contributed by atoms with van der Waals surface area (Å²) in [6.45, 7) is 0. The van der Waals surface area contributed by atoms with Crippen LogP contribution in [-0.2, 0) is 0 Å². The van der Waals surface area contributed by atoms with Crippen molar-refractivity contribution in [2.24, 2.45) is 5.73 Å². The van der Waals surface area contributed by atoms with Crippen LogP contribution in [0.5, 0.6) is 0 Å². The number of para-hydroxylation sites is 1. The van der Waals surface area contributed by atoms with Crippen LogP contribution in [0.2, 0.25) is 0 Å². The molecule has 5 N–H and O–H groups in total. The zero-order valence-electron chi connectivity index (χ0n) is 9.48. The van der Waals surface area contributed by atoms with Gasteiger partial charge in [0.05, 0.1) is 17.1 Å². The fourth-order valence-corrected chi connectivity index (χ4v) is 1.91. The number of anilines is 3. The molecule has 1 amide bonds. The van der Waals surface area contributed by atoms with Gasteiger partial charge in [0.15, 0.2) is 0 Å². The van der Waals surface area contributed by atoms with Gasteiger partial charge in [0, 0.05) is 10.0 Å². The van der Waals surface area contributed by atoms with Gasteiger partial charge in [0.1, 0.15) is 0 Å². The van der Waals surface area contributed by atoms with Gasteiger partial charge in [-0.15, -0.1) is 0 Å². The standard InChI is InChI=1S/C13H12BrN3O/c14-9-3-1-2-4-11(9)17-12-7-8(13(16)18)5-6-10(12)15/h1-7,17H,15H2,(H2,16,18). The molecule has 0 aliphatic rings. The maximum atomic E-state index is 11.1. The Hall–Kier alpha value is -2.01. The van der Waals surface area contributed by atoms with Crippen LogP contribution in [0.15, 0.2) is 46.9 Å². The molecule has 0 atom stereocenters. The van der Waals surface area contributed by atoms with Crippen molar-refractivity contribution in [1.29, 1.82) is 0 Å². The van der Waals surface area contributed by atoms with E-state index in [-0.39, 0.29) is 0 Å². The number of carbonyl (C=O) groups excluding carboxylic acids is 1. The predicted octanol–water partition coefficient (Wildman–Crippen LogP) is 2.87. The first kappa shape index (κ1) is 12.4. The molecule has 0 radical (unpaired) electrons. The van der Waals surface area contributed by atoms with E-state index in [1.54, 1.807) is 18.2 Å². The predicted molar refractivity (Wildman–Crippen MR) is 76.8 cm³/mol. The number of amides is 1. The van der Waals surface area contributed by atoms with E-state index in [1.807, 2.05) is 24.3 Å². The fourth-order valence-electron chi connectivity index (χ4n) is 1.53. The van der Waals surface area contributed by atoms with Crippen LogP contribution in [0, 0.1) is 0 Å². The van der Waals surface area contributed by atoms with Gasteiger partial charge in [-0.25, -0.2) is 0 Å². The summed E-state index contributed by atoms with van der Waals surface area (Å²) in [4.78, 5) is 11.1. The first-order valence-electron chi connectivity index (χ1n) is 5.29. The Kier molecular flexibility index (Phi) is 3.53. The molecular formula is C13H12BrN3O. The highest BCUT2D eigenvalue weighted by Gasteiger charge is 2.06. The second-order valence-corrected chi connectivity index (χ2v) is 4.63. The van der Waals surface area contributed by atoms with Crippen LogP contribution in [0.4, 0.5) is 17.1 Å². The quantitative estimate of drug-likeness (QED) is 0.763. The van der Waals surface area contributed by atoms with E-state index in [9.17, 15) is 4.79 Å². The number of rotatable bonds is 3. The molecule has 0 saturated heterocycles. The Balaban J connectivity index is 2.37. The average Bonchev–Trinajstić information content (AvgIpc) is 2.34. The Morgan fingerprint density at radius 2 is 1.83 bits per heavy atom. The van der Waals surface area contributed by atoms with E-state index in [4.69, 9.17) is 11.5 Å². The van der Waals surface area contributed by atoms with Gasteiger partial charge in [0.2, 0.25) is 5.91 Å². The van der Waals surface area contributed by atoms with Gasteiger partial charge < -0.3 is 16.8 Å². The van der Waals surface area contributed by atoms with Crippen molar-refractivity contribution in [2.45, 2.75) is 0 Å². The lowest BCUT2D eigenvalue weighted by atomic mass is 10.1. The van der Waals surface area contributed by atoms with Crippen LogP contribution < -0.4 is 16.8 Å². The van der Waals surface area contributed by atoms with Gasteiger partial charge >= 0.3 is 0 Å². The summed E-state index contributed by atoms with van der Waals surface area (Å²) >= 11 is 3.43. The molecule has 0 saturated carbocycles. The molecule has 0 unspecified atom stereocenters. The maximum Gasteiger partial charge on any atom is 0.248 e. The average molecular weight is 306 g/mol. The van der Waals surface area contributed by atoms with Crippen molar-refractivity contribution in [1.82, 2.24) is 0 Å². The highest BCUT2D eigenvalue weighted by atomic mass is 79.9. The van der Waals surface area contributed by atoms with Crippen LogP contribution in [0.1, 0.15) is 10.4 Å². The van der Waals surface area contributed by atoms with Crippen molar-refractivity contribution in [3.63, 3.8) is 0 Å². The normalized spacial score (nSPS) is 10.1. The van der Waals surface area contributed by atoms with Gasteiger partial charge in [-0.05, 0) is 46.3 Å².